The molecule has 0 spiro atoms. The van der Waals surface area contributed by atoms with Gasteiger partial charge in [-0.1, -0.05) is 0 Å². The smallest absolute Gasteiger partial charge is 0.233 e. The second-order valence-electron chi connectivity index (χ2n) is 5.79. The quantitative estimate of drug-likeness (QED) is 0.700. The second-order valence-corrected chi connectivity index (χ2v) is 5.79. The lowest BCUT2D eigenvalue weighted by molar-refractivity contribution is 0.349. The van der Waals surface area contributed by atoms with Gasteiger partial charge in [0, 0.05) is 12.1 Å². The zero-order valence-corrected chi connectivity index (χ0v) is 14.3. The van der Waals surface area contributed by atoms with Gasteiger partial charge >= 0.3 is 0 Å². The third-order valence-corrected chi connectivity index (χ3v) is 4.19. The van der Waals surface area contributed by atoms with Gasteiger partial charge in [0.05, 0.1) is 12.2 Å². The summed E-state index contributed by atoms with van der Waals surface area (Å²) >= 11 is 0. The van der Waals surface area contributed by atoms with Crippen molar-refractivity contribution in [2.24, 2.45) is 0 Å². The Balaban J connectivity index is 0.00000196. The summed E-state index contributed by atoms with van der Waals surface area (Å²) in [6.45, 7) is 1.78. The monoisotopic (exact) mass is 385 g/mol. The number of hydrogen-bond donors (Lipinski definition) is 1. The maximum Gasteiger partial charge on any atom is 0.233 e. The molecule has 3 heterocycles. The topological polar surface area (TPSA) is 64.9 Å². The SMILES string of the molecule is Cl.Fc1cc(F)c(Oc2ncnc3c2cnn3C2CCNCC2)cc1F. The Hall–Kier alpha value is -2.39. The Kier molecular flexibility index (Phi) is 5.28. The van der Waals surface area contributed by atoms with Gasteiger partial charge in [-0.3, -0.25) is 0 Å². The molecule has 2 aromatic heterocycles. The summed E-state index contributed by atoms with van der Waals surface area (Å²) in [7, 11) is 0. The predicted octanol–water partition coefficient (Wildman–Crippen LogP) is 3.38. The number of aromatic nitrogens is 4. The Morgan fingerprint density at radius 1 is 1.04 bits per heavy atom. The summed E-state index contributed by atoms with van der Waals surface area (Å²) in [5, 5.41) is 8.11. The average molecular weight is 386 g/mol. The first kappa shape index (κ1) is 18.4. The van der Waals surface area contributed by atoms with Crippen molar-refractivity contribution in [3.05, 3.63) is 42.1 Å². The second kappa shape index (κ2) is 7.46. The van der Waals surface area contributed by atoms with Crippen LogP contribution in [0, 0.1) is 17.5 Å². The number of hydrogen-bond acceptors (Lipinski definition) is 5. The van der Waals surface area contributed by atoms with E-state index < -0.39 is 23.2 Å². The first-order valence-corrected chi connectivity index (χ1v) is 7.85. The highest BCUT2D eigenvalue weighted by Crippen LogP contribution is 2.31. The molecule has 1 saturated heterocycles. The van der Waals surface area contributed by atoms with Crippen LogP contribution < -0.4 is 10.1 Å². The standard InChI is InChI=1S/C16H14F3N5O.ClH/c17-11-5-13(19)14(6-12(11)18)25-16-10-7-23-24(15(10)21-8-22-16)9-1-3-20-4-2-9;/h5-9,20H,1-4H2;1H. The van der Waals surface area contributed by atoms with Gasteiger partial charge in [-0.15, -0.1) is 12.4 Å². The van der Waals surface area contributed by atoms with Crippen LogP contribution in [0.25, 0.3) is 11.0 Å². The molecule has 138 valence electrons. The molecule has 1 N–H and O–H groups in total. The van der Waals surface area contributed by atoms with Crippen LogP contribution in [-0.2, 0) is 0 Å². The molecule has 0 amide bonds. The largest absolute Gasteiger partial charge is 0.435 e. The molecule has 3 aromatic rings. The highest BCUT2D eigenvalue weighted by atomic mass is 35.5. The molecule has 0 radical (unpaired) electrons. The van der Waals surface area contributed by atoms with Crippen LogP contribution in [0.2, 0.25) is 0 Å². The van der Waals surface area contributed by atoms with E-state index >= 15 is 0 Å². The van der Waals surface area contributed by atoms with Gasteiger partial charge in [0.2, 0.25) is 5.88 Å². The zero-order valence-electron chi connectivity index (χ0n) is 13.5. The Bertz CT molecular complexity index is 930. The molecule has 0 bridgehead atoms. The summed E-state index contributed by atoms with van der Waals surface area (Å²) < 4.78 is 47.4. The molecule has 6 nitrogen and oxygen atoms in total. The molecule has 4 rings (SSSR count). The normalized spacial score (nSPS) is 15.0. The van der Waals surface area contributed by atoms with E-state index in [4.69, 9.17) is 4.74 Å². The number of rotatable bonds is 3. The van der Waals surface area contributed by atoms with Crippen molar-refractivity contribution >= 4 is 23.4 Å². The Labute approximate surface area is 152 Å². The first-order chi connectivity index (χ1) is 12.1. The van der Waals surface area contributed by atoms with Crippen molar-refractivity contribution < 1.29 is 17.9 Å². The van der Waals surface area contributed by atoms with E-state index in [1.165, 1.54) is 12.5 Å². The van der Waals surface area contributed by atoms with Crippen molar-refractivity contribution in [1.29, 1.82) is 0 Å². The fraction of sp³-hybridized carbons (Fsp3) is 0.312. The summed E-state index contributed by atoms with van der Waals surface area (Å²) in [5.74, 6) is -3.91. The van der Waals surface area contributed by atoms with Gasteiger partial charge in [0.15, 0.2) is 28.8 Å². The van der Waals surface area contributed by atoms with Crippen LogP contribution in [-0.4, -0.2) is 32.8 Å². The van der Waals surface area contributed by atoms with Gasteiger partial charge in [-0.25, -0.2) is 27.8 Å². The third kappa shape index (κ3) is 3.32. The fourth-order valence-electron chi connectivity index (χ4n) is 2.93. The van der Waals surface area contributed by atoms with Gasteiger partial charge in [-0.05, 0) is 25.9 Å². The van der Waals surface area contributed by atoms with E-state index in [0.717, 1.165) is 25.9 Å². The lowest BCUT2D eigenvalue weighted by atomic mass is 10.1. The number of nitrogens with one attached hydrogen (secondary N) is 1. The van der Waals surface area contributed by atoms with E-state index in [0.29, 0.717) is 23.2 Å². The number of benzene rings is 1. The molecule has 26 heavy (non-hydrogen) atoms. The van der Waals surface area contributed by atoms with Crippen LogP contribution >= 0.6 is 12.4 Å². The van der Waals surface area contributed by atoms with E-state index in [-0.39, 0.29) is 24.3 Å². The van der Waals surface area contributed by atoms with Crippen LogP contribution in [0.1, 0.15) is 18.9 Å². The van der Waals surface area contributed by atoms with Crippen molar-refractivity contribution in [2.45, 2.75) is 18.9 Å². The molecule has 1 aliphatic heterocycles. The molecular formula is C16H15ClF3N5O. The van der Waals surface area contributed by atoms with E-state index in [9.17, 15) is 13.2 Å². The summed E-state index contributed by atoms with van der Waals surface area (Å²) in [6.07, 6.45) is 4.63. The van der Waals surface area contributed by atoms with Crippen LogP contribution in [0.15, 0.2) is 24.7 Å². The van der Waals surface area contributed by atoms with E-state index in [2.05, 4.69) is 20.4 Å². The van der Waals surface area contributed by atoms with Crippen LogP contribution in [0.3, 0.4) is 0 Å². The zero-order chi connectivity index (χ0) is 17.4. The number of piperidine rings is 1. The maximum atomic E-state index is 13.8. The van der Waals surface area contributed by atoms with Crippen molar-refractivity contribution in [3.8, 4) is 11.6 Å². The number of nitrogens with zero attached hydrogens (tertiary/aromatic N) is 4. The highest BCUT2D eigenvalue weighted by molar-refractivity contribution is 5.85. The molecule has 1 aliphatic rings. The Morgan fingerprint density at radius 2 is 1.77 bits per heavy atom. The molecule has 10 heteroatoms. The number of halogens is 4. The predicted molar refractivity (Wildman–Crippen MR) is 90.1 cm³/mol. The Morgan fingerprint density at radius 3 is 2.54 bits per heavy atom. The van der Waals surface area contributed by atoms with Crippen LogP contribution in [0.4, 0.5) is 13.2 Å². The minimum atomic E-state index is -1.28. The maximum absolute atomic E-state index is 13.8. The summed E-state index contributed by atoms with van der Waals surface area (Å²) in [6, 6.07) is 1.28. The molecule has 0 aliphatic carbocycles. The summed E-state index contributed by atoms with van der Waals surface area (Å²) in [5.41, 5.74) is 0.555. The number of ether oxygens (including phenoxy) is 1. The van der Waals surface area contributed by atoms with Gasteiger partial charge in [-0.2, -0.15) is 5.10 Å². The molecule has 1 fully saturated rings. The van der Waals surface area contributed by atoms with Crippen molar-refractivity contribution in [3.63, 3.8) is 0 Å². The minimum absolute atomic E-state index is 0. The minimum Gasteiger partial charge on any atom is -0.435 e. The van der Waals surface area contributed by atoms with Crippen LogP contribution in [0.5, 0.6) is 11.6 Å². The van der Waals surface area contributed by atoms with Gasteiger partial charge in [0.1, 0.15) is 11.7 Å². The lowest BCUT2D eigenvalue weighted by Crippen LogP contribution is -2.29. The van der Waals surface area contributed by atoms with Crippen molar-refractivity contribution in [2.75, 3.05) is 13.1 Å². The highest BCUT2D eigenvalue weighted by Gasteiger charge is 2.21. The lowest BCUT2D eigenvalue weighted by Gasteiger charge is -2.23. The third-order valence-electron chi connectivity index (χ3n) is 4.19. The number of fused-ring (bicyclic) bond motifs is 1. The first-order valence-electron chi connectivity index (χ1n) is 7.85. The molecule has 0 atom stereocenters. The molecule has 0 saturated carbocycles. The molecule has 0 unspecified atom stereocenters. The van der Waals surface area contributed by atoms with E-state index in [1.807, 2.05) is 0 Å². The summed E-state index contributed by atoms with van der Waals surface area (Å²) in [4.78, 5) is 8.21. The van der Waals surface area contributed by atoms with Crippen molar-refractivity contribution in [1.82, 2.24) is 25.1 Å². The van der Waals surface area contributed by atoms with Gasteiger partial charge < -0.3 is 10.1 Å². The van der Waals surface area contributed by atoms with Gasteiger partial charge in [0.25, 0.3) is 0 Å². The van der Waals surface area contributed by atoms with E-state index in [1.54, 1.807) is 4.68 Å². The molecular weight excluding hydrogens is 371 g/mol. The average Bonchev–Trinajstić information content (AvgIpc) is 3.05. The fourth-order valence-corrected chi connectivity index (χ4v) is 2.93. The molecule has 1 aromatic carbocycles.